The van der Waals surface area contributed by atoms with E-state index in [1.807, 2.05) is 6.07 Å². The highest BCUT2D eigenvalue weighted by atomic mass is 32.1. The Morgan fingerprint density at radius 1 is 1.17 bits per heavy atom. The highest BCUT2D eigenvalue weighted by Crippen LogP contribution is 2.16. The van der Waals surface area contributed by atoms with Crippen LogP contribution in [0.25, 0.3) is 0 Å². The number of anilines is 1. The fourth-order valence-corrected chi connectivity index (χ4v) is 3.07. The molecule has 2 N–H and O–H groups in total. The van der Waals surface area contributed by atoms with Crippen LogP contribution in [-0.4, -0.2) is 61.0 Å². The van der Waals surface area contributed by atoms with Crippen LogP contribution in [-0.2, 0) is 25.6 Å². The van der Waals surface area contributed by atoms with Gasteiger partial charge >= 0.3 is 0 Å². The number of rotatable bonds is 11. The number of methoxy groups -OCH3 is 1. The van der Waals surface area contributed by atoms with E-state index in [0.29, 0.717) is 29.6 Å². The van der Waals surface area contributed by atoms with E-state index in [1.165, 1.54) is 23.3 Å². The van der Waals surface area contributed by atoms with Crippen LogP contribution >= 0.6 is 11.3 Å². The van der Waals surface area contributed by atoms with E-state index in [-0.39, 0.29) is 37.2 Å². The molecule has 29 heavy (non-hydrogen) atoms. The molecule has 1 aromatic carbocycles. The first-order valence-corrected chi connectivity index (χ1v) is 9.89. The third-order valence-corrected chi connectivity index (χ3v) is 4.48. The molecule has 2 rings (SSSR count). The minimum atomic E-state index is -0.384. The topological polar surface area (TPSA) is 110 Å². The van der Waals surface area contributed by atoms with Crippen LogP contribution in [0.2, 0.25) is 0 Å². The van der Waals surface area contributed by atoms with Crippen molar-refractivity contribution >= 4 is 34.2 Å². The predicted molar refractivity (Wildman–Crippen MR) is 108 cm³/mol. The average Bonchev–Trinajstić information content (AvgIpc) is 3.16. The second-order valence-electron chi connectivity index (χ2n) is 5.91. The molecule has 1 aromatic heterocycles. The Labute approximate surface area is 173 Å². The van der Waals surface area contributed by atoms with E-state index in [9.17, 15) is 14.4 Å². The molecule has 0 radical (unpaired) electrons. The van der Waals surface area contributed by atoms with Gasteiger partial charge in [-0.3, -0.25) is 19.2 Å². The van der Waals surface area contributed by atoms with Gasteiger partial charge in [-0.25, -0.2) is 10.5 Å². The first-order valence-electron chi connectivity index (χ1n) is 9.01. The molecule has 0 atom stereocenters. The van der Waals surface area contributed by atoms with Gasteiger partial charge in [0.1, 0.15) is 6.54 Å². The normalized spacial score (nSPS) is 10.4. The molecule has 0 spiro atoms. The fourth-order valence-electron chi connectivity index (χ4n) is 2.35. The van der Waals surface area contributed by atoms with Gasteiger partial charge in [0, 0.05) is 24.6 Å². The highest BCUT2D eigenvalue weighted by Gasteiger charge is 2.19. The summed E-state index contributed by atoms with van der Waals surface area (Å²) in [5, 5.41) is 4.70. The van der Waals surface area contributed by atoms with Crippen LogP contribution in [0.4, 0.5) is 5.13 Å². The minimum Gasteiger partial charge on any atom is -0.383 e. The molecule has 0 saturated heterocycles. The van der Waals surface area contributed by atoms with Gasteiger partial charge in [0.25, 0.3) is 5.91 Å². The summed E-state index contributed by atoms with van der Waals surface area (Å²) in [5.41, 5.74) is 3.29. The molecule has 156 valence electrons. The number of hydroxylamine groups is 1. The molecule has 1 heterocycles. The lowest BCUT2D eigenvalue weighted by Crippen LogP contribution is -2.40. The van der Waals surface area contributed by atoms with Crippen molar-refractivity contribution in [3.8, 4) is 0 Å². The van der Waals surface area contributed by atoms with E-state index < -0.39 is 0 Å². The number of hydrogen-bond acceptors (Lipinski definition) is 7. The molecule has 0 saturated carbocycles. The van der Waals surface area contributed by atoms with Crippen molar-refractivity contribution in [3.63, 3.8) is 0 Å². The zero-order valence-electron chi connectivity index (χ0n) is 16.3. The Morgan fingerprint density at radius 2 is 1.93 bits per heavy atom. The smallest absolute Gasteiger partial charge is 0.254 e. The Morgan fingerprint density at radius 3 is 2.62 bits per heavy atom. The number of hydrogen-bond donors (Lipinski definition) is 2. The van der Waals surface area contributed by atoms with Crippen LogP contribution in [0.3, 0.4) is 0 Å². The van der Waals surface area contributed by atoms with Gasteiger partial charge in [0.2, 0.25) is 11.8 Å². The van der Waals surface area contributed by atoms with Gasteiger partial charge in [0.15, 0.2) is 5.13 Å². The van der Waals surface area contributed by atoms with Crippen LogP contribution in [0, 0.1) is 0 Å². The largest absolute Gasteiger partial charge is 0.383 e. The summed E-state index contributed by atoms with van der Waals surface area (Å²) in [6.45, 7) is 2.57. The SMILES string of the molecule is CCONC(=O)Cc1csc(NC(=O)CN(CCOC)C(=O)c2ccccc2)n1. The number of nitrogens with zero attached hydrogens (tertiary/aromatic N) is 2. The van der Waals surface area contributed by atoms with Gasteiger partial charge in [-0.1, -0.05) is 18.2 Å². The number of aromatic nitrogens is 1. The Kier molecular flexibility index (Phi) is 9.22. The van der Waals surface area contributed by atoms with Crippen LogP contribution in [0.5, 0.6) is 0 Å². The summed E-state index contributed by atoms with van der Waals surface area (Å²) < 4.78 is 5.04. The summed E-state index contributed by atoms with van der Waals surface area (Å²) in [4.78, 5) is 47.2. The lowest BCUT2D eigenvalue weighted by Gasteiger charge is -2.21. The van der Waals surface area contributed by atoms with Crippen LogP contribution < -0.4 is 10.8 Å². The molecule has 0 bridgehead atoms. The highest BCUT2D eigenvalue weighted by molar-refractivity contribution is 7.13. The third-order valence-electron chi connectivity index (χ3n) is 3.68. The monoisotopic (exact) mass is 420 g/mol. The molecule has 0 aliphatic carbocycles. The number of amides is 3. The van der Waals surface area contributed by atoms with E-state index in [4.69, 9.17) is 9.57 Å². The van der Waals surface area contributed by atoms with E-state index in [1.54, 1.807) is 36.6 Å². The Balaban J connectivity index is 1.94. The Hall–Kier alpha value is -2.82. The van der Waals surface area contributed by atoms with Gasteiger partial charge in [0.05, 0.1) is 25.3 Å². The molecule has 3 amide bonds. The molecule has 0 aliphatic heterocycles. The number of carbonyl (C=O) groups is 3. The molecule has 10 heteroatoms. The summed E-state index contributed by atoms with van der Waals surface area (Å²) in [6, 6.07) is 8.74. The number of nitrogens with one attached hydrogen (secondary N) is 2. The number of carbonyl (C=O) groups excluding carboxylic acids is 3. The van der Waals surface area contributed by atoms with Crippen molar-refractivity contribution in [2.75, 3.05) is 38.7 Å². The zero-order valence-corrected chi connectivity index (χ0v) is 17.2. The van der Waals surface area contributed by atoms with Crippen LogP contribution in [0.15, 0.2) is 35.7 Å². The van der Waals surface area contributed by atoms with Crippen molar-refractivity contribution in [2.24, 2.45) is 0 Å². The molecular formula is C19H24N4O5S. The van der Waals surface area contributed by atoms with Crippen molar-refractivity contribution < 1.29 is 24.0 Å². The summed E-state index contributed by atoms with van der Waals surface area (Å²) in [6.07, 6.45) is 0.0405. The molecule has 0 fully saturated rings. The van der Waals surface area contributed by atoms with Gasteiger partial charge < -0.3 is 15.0 Å². The van der Waals surface area contributed by atoms with E-state index in [2.05, 4.69) is 15.8 Å². The number of benzene rings is 1. The lowest BCUT2D eigenvalue weighted by molar-refractivity contribution is -0.132. The zero-order chi connectivity index (χ0) is 21.1. The van der Waals surface area contributed by atoms with Gasteiger partial charge in [-0.05, 0) is 19.1 Å². The second-order valence-corrected chi connectivity index (χ2v) is 6.77. The summed E-state index contributed by atoms with van der Waals surface area (Å²) in [7, 11) is 1.53. The van der Waals surface area contributed by atoms with E-state index >= 15 is 0 Å². The quantitative estimate of drug-likeness (QED) is 0.533. The first-order chi connectivity index (χ1) is 14.0. The molecular weight excluding hydrogens is 396 g/mol. The maximum Gasteiger partial charge on any atom is 0.254 e. The van der Waals surface area contributed by atoms with Crippen molar-refractivity contribution in [1.29, 1.82) is 0 Å². The summed E-state index contributed by atoms with van der Waals surface area (Å²) in [5.74, 6) is -0.968. The number of thiazole rings is 1. The van der Waals surface area contributed by atoms with E-state index in [0.717, 1.165) is 0 Å². The summed E-state index contributed by atoms with van der Waals surface area (Å²) >= 11 is 1.20. The van der Waals surface area contributed by atoms with Crippen molar-refractivity contribution in [2.45, 2.75) is 13.3 Å². The first kappa shape index (κ1) is 22.5. The van der Waals surface area contributed by atoms with Crippen molar-refractivity contribution in [1.82, 2.24) is 15.4 Å². The average molecular weight is 420 g/mol. The maximum absolute atomic E-state index is 12.7. The predicted octanol–water partition coefficient (Wildman–Crippen LogP) is 1.48. The Bertz CT molecular complexity index is 812. The third kappa shape index (κ3) is 7.60. The van der Waals surface area contributed by atoms with Gasteiger partial charge in [-0.15, -0.1) is 11.3 Å². The molecule has 0 aliphatic rings. The number of ether oxygens (including phenoxy) is 1. The van der Waals surface area contributed by atoms with Gasteiger partial charge in [-0.2, -0.15) is 0 Å². The standard InChI is InChI=1S/C19H24N4O5S/c1-3-28-22-16(24)11-15-13-29-19(20-15)21-17(25)12-23(9-10-27-2)18(26)14-7-5-4-6-8-14/h4-8,13H,3,9-12H2,1-2H3,(H,22,24)(H,20,21,25). The maximum atomic E-state index is 12.7. The second kappa shape index (κ2) is 11.9. The lowest BCUT2D eigenvalue weighted by atomic mass is 10.2. The molecule has 2 aromatic rings. The van der Waals surface area contributed by atoms with Crippen molar-refractivity contribution in [3.05, 3.63) is 47.0 Å². The molecule has 9 nitrogen and oxygen atoms in total. The molecule has 0 unspecified atom stereocenters. The minimum absolute atomic E-state index is 0.0405. The van der Waals surface area contributed by atoms with Crippen LogP contribution in [0.1, 0.15) is 23.0 Å². The fraction of sp³-hybridized carbons (Fsp3) is 0.368.